The van der Waals surface area contributed by atoms with E-state index in [1.807, 2.05) is 0 Å². The van der Waals surface area contributed by atoms with E-state index in [1.54, 1.807) is 0 Å². The van der Waals surface area contributed by atoms with Crippen molar-refractivity contribution in [1.29, 1.82) is 0 Å². The van der Waals surface area contributed by atoms with E-state index in [9.17, 15) is 43.2 Å². The second-order valence-corrected chi connectivity index (χ2v) is 32.6. The van der Waals surface area contributed by atoms with Crippen LogP contribution in [0.15, 0.2) is 0 Å². The molecule has 3 N–H and O–H groups in total. The molecule has 0 radical (unpaired) electrons. The summed E-state index contributed by atoms with van der Waals surface area (Å²) in [5.41, 5.74) is 0. The molecule has 19 heteroatoms. The highest BCUT2D eigenvalue weighted by molar-refractivity contribution is 7.47. The number of carbonyl (C=O) groups is 4. The molecule has 0 aliphatic rings. The van der Waals surface area contributed by atoms with Crippen molar-refractivity contribution in [3.05, 3.63) is 0 Å². The summed E-state index contributed by atoms with van der Waals surface area (Å²) in [7, 11) is -9.91. The van der Waals surface area contributed by atoms with Gasteiger partial charge in [-0.05, 0) is 43.4 Å². The standard InChI is InChI=1S/C79H154O17P2/c1-8-10-11-12-36-46-53-60-76(81)89-66-74(96-79(84)63-56-49-42-35-34-39-45-52-59-72(7)9-2)68-93-97(85,86)91-64-73(80)65-92-98(87,88)94-69-75(67-90-77(82)61-54-47-40-32-28-24-21-17-19-23-27-31-38-44-51-58-71(5)6)95-78(83)62-55-48-41-33-29-25-20-16-14-13-15-18-22-26-30-37-43-50-57-70(3)4/h70-75,80H,8-69H2,1-7H3,(H,85,86)(H,87,88)/t72?,73-,74+,75+/m0/s1. The molecular weight excluding hydrogens is 1280 g/mol. The SMILES string of the molecule is CCCCCCCCCC(=O)OC[C@H](COP(=O)(O)OC[C@H](O)COP(=O)(O)OC[C@@H](COC(=O)CCCCCCCCCCCCCCCCCC(C)C)OC(=O)CCCCCCCCCCCCCCCCCCCCC(C)C)OC(=O)CCCCCCCCCCC(C)CC. The smallest absolute Gasteiger partial charge is 0.462 e. The maximum atomic E-state index is 13.1. The number of phosphoric acid groups is 2. The molecule has 0 aromatic carbocycles. The monoisotopic (exact) mass is 1440 g/mol. The molecule has 0 fully saturated rings. The van der Waals surface area contributed by atoms with E-state index in [1.165, 1.54) is 205 Å². The molecule has 0 heterocycles. The molecule has 0 rings (SSSR count). The Labute approximate surface area is 600 Å². The fourth-order valence-electron chi connectivity index (χ4n) is 12.1. The van der Waals surface area contributed by atoms with Gasteiger partial charge in [0, 0.05) is 25.7 Å². The summed E-state index contributed by atoms with van der Waals surface area (Å²) >= 11 is 0. The van der Waals surface area contributed by atoms with Crippen LogP contribution in [-0.4, -0.2) is 96.7 Å². The van der Waals surface area contributed by atoms with Crippen molar-refractivity contribution in [3.8, 4) is 0 Å². The Kier molecular flexibility index (Phi) is 68.1. The average Bonchev–Trinajstić information content (AvgIpc) is 1.01. The molecule has 0 saturated heterocycles. The largest absolute Gasteiger partial charge is 0.472 e. The zero-order valence-corrected chi connectivity index (χ0v) is 66.0. The molecule has 0 aromatic rings. The molecule has 6 atom stereocenters. The van der Waals surface area contributed by atoms with Gasteiger partial charge in [-0.3, -0.25) is 37.3 Å². The second-order valence-electron chi connectivity index (χ2n) is 29.6. The summed E-state index contributed by atoms with van der Waals surface area (Å²) in [4.78, 5) is 72.8. The molecule has 0 spiro atoms. The van der Waals surface area contributed by atoms with Gasteiger partial charge in [-0.25, -0.2) is 9.13 Å². The van der Waals surface area contributed by atoms with Crippen LogP contribution in [0, 0.1) is 17.8 Å². The molecule has 0 aromatic heterocycles. The predicted molar refractivity (Wildman–Crippen MR) is 400 cm³/mol. The number of hydrogen-bond acceptors (Lipinski definition) is 15. The Morgan fingerprint density at radius 1 is 0.296 bits per heavy atom. The number of unbranched alkanes of at least 4 members (excludes halogenated alkanes) is 44. The predicted octanol–water partition coefficient (Wildman–Crippen LogP) is 23.4. The van der Waals surface area contributed by atoms with E-state index in [0.29, 0.717) is 25.7 Å². The number of carbonyl (C=O) groups excluding carboxylic acids is 4. The van der Waals surface area contributed by atoms with Crippen molar-refractivity contribution in [2.45, 2.75) is 426 Å². The molecule has 98 heavy (non-hydrogen) atoms. The van der Waals surface area contributed by atoms with E-state index in [0.717, 1.165) is 120 Å². The summed E-state index contributed by atoms with van der Waals surface area (Å²) in [6, 6.07) is 0. The lowest BCUT2D eigenvalue weighted by Crippen LogP contribution is -2.30. The maximum absolute atomic E-state index is 13.1. The van der Waals surface area contributed by atoms with Crippen molar-refractivity contribution in [3.63, 3.8) is 0 Å². The first-order valence-corrected chi connectivity index (χ1v) is 43.9. The fourth-order valence-corrected chi connectivity index (χ4v) is 13.7. The molecule has 0 aliphatic heterocycles. The Morgan fingerprint density at radius 3 is 0.776 bits per heavy atom. The third kappa shape index (κ3) is 71.1. The van der Waals surface area contributed by atoms with E-state index in [4.69, 9.17) is 37.0 Å². The number of ether oxygens (including phenoxy) is 4. The minimum atomic E-state index is -4.96. The van der Waals surface area contributed by atoms with Gasteiger partial charge in [0.25, 0.3) is 0 Å². The van der Waals surface area contributed by atoms with E-state index in [2.05, 4.69) is 48.5 Å². The van der Waals surface area contributed by atoms with Gasteiger partial charge in [0.1, 0.15) is 19.3 Å². The third-order valence-electron chi connectivity index (χ3n) is 18.7. The highest BCUT2D eigenvalue weighted by Crippen LogP contribution is 2.45. The van der Waals surface area contributed by atoms with Crippen LogP contribution < -0.4 is 0 Å². The normalized spacial score (nSPS) is 14.3. The van der Waals surface area contributed by atoms with Crippen molar-refractivity contribution < 1.29 is 80.2 Å². The molecule has 0 amide bonds. The number of phosphoric ester groups is 2. The first-order chi connectivity index (χ1) is 47.3. The molecule has 0 saturated carbocycles. The van der Waals surface area contributed by atoms with Crippen LogP contribution in [0.25, 0.3) is 0 Å². The van der Waals surface area contributed by atoms with Crippen LogP contribution in [0.3, 0.4) is 0 Å². The lowest BCUT2D eigenvalue weighted by molar-refractivity contribution is -0.161. The first kappa shape index (κ1) is 96.1. The minimum Gasteiger partial charge on any atom is -0.462 e. The molecule has 3 unspecified atom stereocenters. The lowest BCUT2D eigenvalue weighted by atomic mass is 9.99. The molecule has 17 nitrogen and oxygen atoms in total. The van der Waals surface area contributed by atoms with Crippen LogP contribution in [0.5, 0.6) is 0 Å². The number of aliphatic hydroxyl groups is 1. The van der Waals surface area contributed by atoms with Gasteiger partial charge in [-0.2, -0.15) is 0 Å². The van der Waals surface area contributed by atoms with Gasteiger partial charge < -0.3 is 33.8 Å². The van der Waals surface area contributed by atoms with Crippen molar-refractivity contribution in [2.24, 2.45) is 17.8 Å². The third-order valence-corrected chi connectivity index (χ3v) is 20.6. The highest BCUT2D eigenvalue weighted by Gasteiger charge is 2.30. The zero-order chi connectivity index (χ0) is 72.3. The first-order valence-electron chi connectivity index (χ1n) is 40.9. The summed E-state index contributed by atoms with van der Waals surface area (Å²) in [6.07, 6.45) is 57.1. The average molecular weight is 1440 g/mol. The summed E-state index contributed by atoms with van der Waals surface area (Å²) in [5, 5.41) is 10.6. The van der Waals surface area contributed by atoms with E-state index in [-0.39, 0.29) is 25.7 Å². The van der Waals surface area contributed by atoms with E-state index < -0.39 is 97.5 Å². The highest BCUT2D eigenvalue weighted by atomic mass is 31.2. The van der Waals surface area contributed by atoms with Gasteiger partial charge >= 0.3 is 39.5 Å². The topological polar surface area (TPSA) is 237 Å². The van der Waals surface area contributed by atoms with Crippen LogP contribution in [0.1, 0.15) is 408 Å². The molecular formula is C79H154O17P2. The summed E-state index contributed by atoms with van der Waals surface area (Å²) in [6.45, 7) is 11.9. The van der Waals surface area contributed by atoms with Crippen LogP contribution >= 0.6 is 15.6 Å². The number of hydrogen-bond donors (Lipinski definition) is 3. The van der Waals surface area contributed by atoms with Crippen molar-refractivity contribution >= 4 is 39.5 Å². The number of rotatable bonds is 77. The Hall–Kier alpha value is -1.94. The Morgan fingerprint density at radius 2 is 0.520 bits per heavy atom. The van der Waals surface area contributed by atoms with Crippen LogP contribution in [0.2, 0.25) is 0 Å². The van der Waals surface area contributed by atoms with Gasteiger partial charge in [-0.1, -0.05) is 357 Å². The number of aliphatic hydroxyl groups excluding tert-OH is 1. The van der Waals surface area contributed by atoms with Gasteiger partial charge in [0.15, 0.2) is 12.2 Å². The van der Waals surface area contributed by atoms with Crippen molar-refractivity contribution in [1.82, 2.24) is 0 Å². The van der Waals surface area contributed by atoms with Crippen LogP contribution in [-0.2, 0) is 65.4 Å². The lowest BCUT2D eigenvalue weighted by Gasteiger charge is -2.21. The molecule has 0 bridgehead atoms. The quantitative estimate of drug-likeness (QED) is 0.0222. The van der Waals surface area contributed by atoms with Gasteiger partial charge in [0.2, 0.25) is 0 Å². The minimum absolute atomic E-state index is 0.105. The zero-order valence-electron chi connectivity index (χ0n) is 64.3. The Bertz CT molecular complexity index is 1910. The maximum Gasteiger partial charge on any atom is 0.472 e. The molecule has 0 aliphatic carbocycles. The number of esters is 4. The summed E-state index contributed by atoms with van der Waals surface area (Å²) in [5.74, 6) is 0.276. The van der Waals surface area contributed by atoms with Gasteiger partial charge in [0.05, 0.1) is 26.4 Å². The van der Waals surface area contributed by atoms with Gasteiger partial charge in [-0.15, -0.1) is 0 Å². The van der Waals surface area contributed by atoms with Crippen molar-refractivity contribution in [2.75, 3.05) is 39.6 Å². The van der Waals surface area contributed by atoms with E-state index >= 15 is 0 Å². The Balaban J connectivity index is 5.17. The summed E-state index contributed by atoms with van der Waals surface area (Å²) < 4.78 is 68.5. The fraction of sp³-hybridized carbons (Fsp3) is 0.949. The molecule has 582 valence electrons. The second kappa shape index (κ2) is 69.4. The van der Waals surface area contributed by atoms with Crippen LogP contribution in [0.4, 0.5) is 0 Å².